The first kappa shape index (κ1) is 16.4. The minimum absolute atomic E-state index is 0.321. The Morgan fingerprint density at radius 1 is 1.06 bits per heavy atom. The van der Waals surface area contributed by atoms with E-state index >= 15 is 0 Å². The molecule has 1 amide bonds. The SMILES string of the molecule is CC(C)(C)CCOCCCCC(C)(N)C(N)=O. The van der Waals surface area contributed by atoms with Crippen molar-refractivity contribution in [1.82, 2.24) is 0 Å². The highest BCUT2D eigenvalue weighted by molar-refractivity contribution is 5.83. The first-order valence-corrected chi connectivity index (χ1v) is 6.32. The van der Waals surface area contributed by atoms with Crippen LogP contribution in [0.5, 0.6) is 0 Å². The second-order valence-corrected chi connectivity index (χ2v) is 6.16. The summed E-state index contributed by atoms with van der Waals surface area (Å²) in [5.74, 6) is -0.439. The fourth-order valence-electron chi connectivity index (χ4n) is 1.30. The molecule has 0 heterocycles. The maximum Gasteiger partial charge on any atom is 0.237 e. The molecule has 0 saturated heterocycles. The van der Waals surface area contributed by atoms with Crippen molar-refractivity contribution in [3.05, 3.63) is 0 Å². The van der Waals surface area contributed by atoms with Crippen LogP contribution in [0.25, 0.3) is 0 Å². The number of rotatable bonds is 8. The first-order chi connectivity index (χ1) is 7.65. The molecular weight excluding hydrogens is 216 g/mol. The third-order valence-corrected chi connectivity index (χ3v) is 2.79. The van der Waals surface area contributed by atoms with Crippen molar-refractivity contribution in [3.8, 4) is 0 Å². The zero-order valence-corrected chi connectivity index (χ0v) is 11.7. The summed E-state index contributed by atoms with van der Waals surface area (Å²) in [7, 11) is 0. The molecule has 0 spiro atoms. The van der Waals surface area contributed by atoms with E-state index in [-0.39, 0.29) is 0 Å². The van der Waals surface area contributed by atoms with Crippen LogP contribution in [0.1, 0.15) is 53.4 Å². The second kappa shape index (κ2) is 6.97. The third kappa shape index (κ3) is 9.12. The molecule has 0 bridgehead atoms. The Bertz CT molecular complexity index is 232. The number of hydrogen-bond acceptors (Lipinski definition) is 3. The van der Waals surface area contributed by atoms with Crippen LogP contribution in [-0.4, -0.2) is 24.7 Å². The third-order valence-electron chi connectivity index (χ3n) is 2.79. The quantitative estimate of drug-likeness (QED) is 0.639. The van der Waals surface area contributed by atoms with Crippen LogP contribution in [0, 0.1) is 5.41 Å². The Balaban J connectivity index is 3.45. The Morgan fingerprint density at radius 3 is 2.12 bits per heavy atom. The van der Waals surface area contributed by atoms with E-state index in [1.807, 2.05) is 0 Å². The smallest absolute Gasteiger partial charge is 0.237 e. The molecule has 4 N–H and O–H groups in total. The van der Waals surface area contributed by atoms with Crippen LogP contribution in [0.3, 0.4) is 0 Å². The van der Waals surface area contributed by atoms with Crippen LogP contribution in [0.4, 0.5) is 0 Å². The van der Waals surface area contributed by atoms with E-state index in [0.29, 0.717) is 11.8 Å². The lowest BCUT2D eigenvalue weighted by atomic mass is 9.93. The molecule has 102 valence electrons. The van der Waals surface area contributed by atoms with Gasteiger partial charge in [-0.3, -0.25) is 4.79 Å². The summed E-state index contributed by atoms with van der Waals surface area (Å²) < 4.78 is 5.53. The molecule has 0 aliphatic heterocycles. The molecule has 0 rings (SSSR count). The van der Waals surface area contributed by atoms with Crippen molar-refractivity contribution in [2.24, 2.45) is 16.9 Å². The summed E-state index contributed by atoms with van der Waals surface area (Å²) in [6, 6.07) is 0. The van der Waals surface area contributed by atoms with E-state index in [2.05, 4.69) is 20.8 Å². The zero-order chi connectivity index (χ0) is 13.5. The average Bonchev–Trinajstić information content (AvgIpc) is 2.14. The van der Waals surface area contributed by atoms with Gasteiger partial charge >= 0.3 is 0 Å². The highest BCUT2D eigenvalue weighted by Gasteiger charge is 2.24. The normalized spacial score (nSPS) is 15.6. The van der Waals surface area contributed by atoms with Gasteiger partial charge in [0.15, 0.2) is 0 Å². The minimum Gasteiger partial charge on any atom is -0.381 e. The number of amides is 1. The van der Waals surface area contributed by atoms with Crippen LogP contribution in [0.15, 0.2) is 0 Å². The summed E-state index contributed by atoms with van der Waals surface area (Å²) >= 11 is 0. The number of ether oxygens (including phenoxy) is 1. The molecule has 1 atom stereocenters. The van der Waals surface area contributed by atoms with Crippen molar-refractivity contribution < 1.29 is 9.53 Å². The monoisotopic (exact) mass is 244 g/mol. The molecular formula is C13H28N2O2. The largest absolute Gasteiger partial charge is 0.381 e. The standard InChI is InChI=1S/C13H28N2O2/c1-12(2,3)8-10-17-9-6-5-7-13(4,15)11(14)16/h5-10,15H2,1-4H3,(H2,14,16). The summed E-state index contributed by atoms with van der Waals surface area (Å²) in [6.07, 6.45) is 3.46. The van der Waals surface area contributed by atoms with Crippen LogP contribution >= 0.6 is 0 Å². The van der Waals surface area contributed by atoms with E-state index in [9.17, 15) is 4.79 Å². The minimum atomic E-state index is -0.884. The molecule has 0 saturated carbocycles. The number of nitrogens with two attached hydrogens (primary N) is 2. The highest BCUT2D eigenvalue weighted by Crippen LogP contribution is 2.18. The fourth-order valence-corrected chi connectivity index (χ4v) is 1.30. The van der Waals surface area contributed by atoms with E-state index < -0.39 is 11.4 Å². The van der Waals surface area contributed by atoms with Crippen molar-refractivity contribution in [3.63, 3.8) is 0 Å². The maximum absolute atomic E-state index is 11.0. The van der Waals surface area contributed by atoms with Crippen molar-refractivity contribution >= 4 is 5.91 Å². The molecule has 0 aliphatic carbocycles. The number of unbranched alkanes of at least 4 members (excludes halogenated alkanes) is 1. The van der Waals surface area contributed by atoms with Crippen LogP contribution in [0.2, 0.25) is 0 Å². The second-order valence-electron chi connectivity index (χ2n) is 6.16. The Morgan fingerprint density at radius 2 is 1.65 bits per heavy atom. The van der Waals surface area contributed by atoms with Crippen LogP contribution in [-0.2, 0) is 9.53 Å². The predicted octanol–water partition coefficient (Wildman–Crippen LogP) is 1.81. The van der Waals surface area contributed by atoms with Crippen LogP contribution < -0.4 is 11.5 Å². The van der Waals surface area contributed by atoms with Gasteiger partial charge in [-0.2, -0.15) is 0 Å². The number of carbonyl (C=O) groups is 1. The van der Waals surface area contributed by atoms with Crippen molar-refractivity contribution in [1.29, 1.82) is 0 Å². The molecule has 4 nitrogen and oxygen atoms in total. The first-order valence-electron chi connectivity index (χ1n) is 6.32. The lowest BCUT2D eigenvalue weighted by Crippen LogP contribution is -2.49. The summed E-state index contributed by atoms with van der Waals surface area (Å²) in [4.78, 5) is 11.0. The van der Waals surface area contributed by atoms with Gasteiger partial charge in [-0.15, -0.1) is 0 Å². The van der Waals surface area contributed by atoms with Gasteiger partial charge in [-0.1, -0.05) is 20.8 Å². The fraction of sp³-hybridized carbons (Fsp3) is 0.923. The number of carbonyl (C=O) groups excluding carboxylic acids is 1. The number of hydrogen-bond donors (Lipinski definition) is 2. The van der Waals surface area contributed by atoms with Gasteiger partial charge in [0.05, 0.1) is 5.54 Å². The van der Waals surface area contributed by atoms with Gasteiger partial charge < -0.3 is 16.2 Å². The predicted molar refractivity (Wildman–Crippen MR) is 70.5 cm³/mol. The molecule has 1 unspecified atom stereocenters. The van der Waals surface area contributed by atoms with E-state index in [1.165, 1.54) is 0 Å². The molecule has 0 aliphatic rings. The Labute approximate surface area is 105 Å². The van der Waals surface area contributed by atoms with Crippen molar-refractivity contribution in [2.75, 3.05) is 13.2 Å². The molecule has 0 aromatic heterocycles. The van der Waals surface area contributed by atoms with Gasteiger partial charge in [0, 0.05) is 13.2 Å². The van der Waals surface area contributed by atoms with Gasteiger partial charge in [0.1, 0.15) is 0 Å². The molecule has 0 radical (unpaired) electrons. The van der Waals surface area contributed by atoms with Crippen molar-refractivity contribution in [2.45, 2.75) is 58.9 Å². The molecule has 0 aromatic rings. The lowest BCUT2D eigenvalue weighted by Gasteiger charge is -2.20. The van der Waals surface area contributed by atoms with Gasteiger partial charge in [0.2, 0.25) is 5.91 Å². The zero-order valence-electron chi connectivity index (χ0n) is 11.7. The maximum atomic E-state index is 11.0. The highest BCUT2D eigenvalue weighted by atomic mass is 16.5. The summed E-state index contributed by atoms with van der Waals surface area (Å²) in [5.41, 5.74) is 10.4. The Hall–Kier alpha value is -0.610. The summed E-state index contributed by atoms with van der Waals surface area (Å²) in [6.45, 7) is 9.79. The molecule has 17 heavy (non-hydrogen) atoms. The molecule has 0 fully saturated rings. The number of primary amides is 1. The summed E-state index contributed by atoms with van der Waals surface area (Å²) in [5, 5.41) is 0. The van der Waals surface area contributed by atoms with Gasteiger partial charge in [-0.05, 0) is 38.0 Å². The van der Waals surface area contributed by atoms with E-state index in [0.717, 1.165) is 32.5 Å². The Kier molecular flexibility index (Phi) is 6.72. The van der Waals surface area contributed by atoms with E-state index in [4.69, 9.17) is 16.2 Å². The van der Waals surface area contributed by atoms with Gasteiger partial charge in [0.25, 0.3) is 0 Å². The molecule has 4 heteroatoms. The topological polar surface area (TPSA) is 78.3 Å². The molecule has 0 aromatic carbocycles. The van der Waals surface area contributed by atoms with Gasteiger partial charge in [-0.25, -0.2) is 0 Å². The average molecular weight is 244 g/mol. The van der Waals surface area contributed by atoms with E-state index in [1.54, 1.807) is 6.92 Å². The lowest BCUT2D eigenvalue weighted by molar-refractivity contribution is -0.122.